The minimum atomic E-state index is -0.266. The third-order valence-electron chi connectivity index (χ3n) is 3.61. The van der Waals surface area contributed by atoms with Gasteiger partial charge in [-0.05, 0) is 59.7 Å². The molecule has 6 heteroatoms. The molecule has 0 radical (unpaired) electrons. The SMILES string of the molecule is CC1(Cn2c(=S)[nH]c3cc(F)c(Br)cc32)CCCS1. The summed E-state index contributed by atoms with van der Waals surface area (Å²) in [7, 11) is 0. The number of halogens is 2. The molecule has 2 aromatic rings. The van der Waals surface area contributed by atoms with Crippen LogP contribution in [-0.4, -0.2) is 20.1 Å². The Hall–Kier alpha value is -0.330. The highest BCUT2D eigenvalue weighted by Gasteiger charge is 2.30. The lowest BCUT2D eigenvalue weighted by Crippen LogP contribution is -2.23. The van der Waals surface area contributed by atoms with Gasteiger partial charge in [0.15, 0.2) is 4.77 Å². The Kier molecular flexibility index (Phi) is 3.52. The Morgan fingerprint density at radius 2 is 2.37 bits per heavy atom. The van der Waals surface area contributed by atoms with Crippen molar-refractivity contribution in [3.05, 3.63) is 27.2 Å². The number of rotatable bonds is 2. The van der Waals surface area contributed by atoms with Crippen molar-refractivity contribution in [2.75, 3.05) is 5.75 Å². The lowest BCUT2D eigenvalue weighted by atomic mass is 10.1. The van der Waals surface area contributed by atoms with Crippen molar-refractivity contribution in [3.8, 4) is 0 Å². The number of aromatic nitrogens is 2. The summed E-state index contributed by atoms with van der Waals surface area (Å²) in [6.07, 6.45) is 2.46. The standard InChI is InChI=1S/C13H14BrFN2S2/c1-13(3-2-4-19-13)7-17-11-5-8(14)9(15)6-10(11)16-12(17)18/h5-6H,2-4,7H2,1H3,(H,16,18). The highest BCUT2D eigenvalue weighted by Crippen LogP contribution is 2.39. The van der Waals surface area contributed by atoms with Crippen LogP contribution < -0.4 is 0 Å². The number of imidazole rings is 1. The Labute approximate surface area is 128 Å². The molecule has 0 spiro atoms. The molecule has 0 bridgehead atoms. The minimum absolute atomic E-state index is 0.230. The summed E-state index contributed by atoms with van der Waals surface area (Å²) >= 11 is 10.6. The van der Waals surface area contributed by atoms with E-state index in [9.17, 15) is 4.39 Å². The Morgan fingerprint density at radius 3 is 3.05 bits per heavy atom. The number of hydrogen-bond donors (Lipinski definition) is 1. The lowest BCUT2D eigenvalue weighted by molar-refractivity contribution is 0.515. The third kappa shape index (κ3) is 2.50. The summed E-state index contributed by atoms with van der Waals surface area (Å²) < 4.78 is 17.0. The Balaban J connectivity index is 2.10. The molecule has 1 aliphatic rings. The quantitative estimate of drug-likeness (QED) is 0.769. The van der Waals surface area contributed by atoms with Crippen LogP contribution in [0.15, 0.2) is 16.6 Å². The molecule has 19 heavy (non-hydrogen) atoms. The molecule has 1 atom stereocenters. The maximum absolute atomic E-state index is 13.6. The van der Waals surface area contributed by atoms with Crippen molar-refractivity contribution in [1.82, 2.24) is 9.55 Å². The van der Waals surface area contributed by atoms with Crippen molar-refractivity contribution < 1.29 is 4.39 Å². The van der Waals surface area contributed by atoms with Crippen molar-refractivity contribution in [1.29, 1.82) is 0 Å². The molecule has 1 aromatic heterocycles. The number of thioether (sulfide) groups is 1. The molecule has 102 valence electrons. The first-order valence-corrected chi connectivity index (χ1v) is 8.39. The number of fused-ring (bicyclic) bond motifs is 1. The molecule has 0 aliphatic carbocycles. The van der Waals surface area contributed by atoms with Crippen LogP contribution >= 0.6 is 39.9 Å². The van der Waals surface area contributed by atoms with Gasteiger partial charge in [0.1, 0.15) is 5.82 Å². The van der Waals surface area contributed by atoms with Gasteiger partial charge in [0, 0.05) is 17.4 Å². The number of nitrogens with zero attached hydrogens (tertiary/aromatic N) is 1. The molecule has 2 heterocycles. The van der Waals surface area contributed by atoms with E-state index in [1.165, 1.54) is 24.7 Å². The van der Waals surface area contributed by atoms with E-state index in [2.05, 4.69) is 32.4 Å². The van der Waals surface area contributed by atoms with Crippen LogP contribution in [0.25, 0.3) is 11.0 Å². The van der Waals surface area contributed by atoms with E-state index in [1.807, 2.05) is 11.8 Å². The maximum Gasteiger partial charge on any atom is 0.178 e. The highest BCUT2D eigenvalue weighted by atomic mass is 79.9. The Bertz CT molecular complexity index is 686. The predicted molar refractivity (Wildman–Crippen MR) is 84.9 cm³/mol. The van der Waals surface area contributed by atoms with Gasteiger partial charge in [0.05, 0.1) is 15.5 Å². The maximum atomic E-state index is 13.6. The number of nitrogens with one attached hydrogen (secondary N) is 1. The second-order valence-corrected chi connectivity index (χ2v) is 8.13. The van der Waals surface area contributed by atoms with E-state index in [0.29, 0.717) is 9.24 Å². The summed E-state index contributed by atoms with van der Waals surface area (Å²) in [5.41, 5.74) is 1.73. The number of benzene rings is 1. The zero-order valence-electron chi connectivity index (χ0n) is 10.5. The topological polar surface area (TPSA) is 20.7 Å². The highest BCUT2D eigenvalue weighted by molar-refractivity contribution is 9.10. The van der Waals surface area contributed by atoms with Crippen LogP contribution in [0.4, 0.5) is 4.39 Å². The van der Waals surface area contributed by atoms with Gasteiger partial charge < -0.3 is 9.55 Å². The van der Waals surface area contributed by atoms with Crippen LogP contribution in [0.5, 0.6) is 0 Å². The molecule has 0 saturated carbocycles. The van der Waals surface area contributed by atoms with E-state index in [0.717, 1.165) is 17.6 Å². The molecule has 1 N–H and O–H groups in total. The summed E-state index contributed by atoms with van der Waals surface area (Å²) in [4.78, 5) is 3.09. The van der Waals surface area contributed by atoms with Gasteiger partial charge in [-0.15, -0.1) is 0 Å². The van der Waals surface area contributed by atoms with Gasteiger partial charge in [-0.3, -0.25) is 0 Å². The second-order valence-electron chi connectivity index (χ2n) is 5.20. The zero-order chi connectivity index (χ0) is 13.6. The molecular formula is C13H14BrFN2S2. The average Bonchev–Trinajstić information content (AvgIpc) is 2.88. The van der Waals surface area contributed by atoms with Crippen LogP contribution in [-0.2, 0) is 6.54 Å². The van der Waals surface area contributed by atoms with Gasteiger partial charge in [-0.25, -0.2) is 4.39 Å². The molecule has 1 aliphatic heterocycles. The van der Waals surface area contributed by atoms with Crippen LogP contribution in [0.1, 0.15) is 19.8 Å². The molecule has 1 fully saturated rings. The molecule has 0 amide bonds. The summed E-state index contributed by atoms with van der Waals surface area (Å²) in [6, 6.07) is 3.30. The molecule has 1 unspecified atom stereocenters. The van der Waals surface area contributed by atoms with Crippen LogP contribution in [0, 0.1) is 10.6 Å². The van der Waals surface area contributed by atoms with Gasteiger partial charge in [-0.1, -0.05) is 0 Å². The first-order valence-electron chi connectivity index (χ1n) is 6.20. The van der Waals surface area contributed by atoms with Crippen molar-refractivity contribution in [2.45, 2.75) is 31.1 Å². The number of H-pyrrole nitrogens is 1. The van der Waals surface area contributed by atoms with Crippen molar-refractivity contribution in [2.24, 2.45) is 0 Å². The lowest BCUT2D eigenvalue weighted by Gasteiger charge is -2.23. The average molecular weight is 361 g/mol. The van der Waals surface area contributed by atoms with E-state index < -0.39 is 0 Å². The largest absolute Gasteiger partial charge is 0.330 e. The van der Waals surface area contributed by atoms with Crippen molar-refractivity contribution >= 4 is 50.9 Å². The smallest absolute Gasteiger partial charge is 0.178 e. The third-order valence-corrected chi connectivity index (χ3v) is 6.06. The van der Waals surface area contributed by atoms with E-state index in [4.69, 9.17) is 12.2 Å². The molecule has 3 rings (SSSR count). The number of hydrogen-bond acceptors (Lipinski definition) is 2. The minimum Gasteiger partial charge on any atom is -0.330 e. The predicted octanol–water partition coefficient (Wildman–Crippen LogP) is 4.89. The molecule has 1 saturated heterocycles. The molecule has 2 nitrogen and oxygen atoms in total. The fourth-order valence-corrected chi connectivity index (χ4v) is 4.50. The van der Waals surface area contributed by atoms with E-state index in [1.54, 1.807) is 6.07 Å². The molecule has 1 aromatic carbocycles. The number of aromatic amines is 1. The fourth-order valence-electron chi connectivity index (χ4n) is 2.60. The Morgan fingerprint density at radius 1 is 1.58 bits per heavy atom. The van der Waals surface area contributed by atoms with E-state index in [-0.39, 0.29) is 10.6 Å². The van der Waals surface area contributed by atoms with Gasteiger partial charge in [0.25, 0.3) is 0 Å². The van der Waals surface area contributed by atoms with Gasteiger partial charge >= 0.3 is 0 Å². The normalized spacial score (nSPS) is 23.3. The zero-order valence-corrected chi connectivity index (χ0v) is 13.7. The van der Waals surface area contributed by atoms with Crippen molar-refractivity contribution in [3.63, 3.8) is 0 Å². The summed E-state index contributed by atoms with van der Waals surface area (Å²) in [6.45, 7) is 3.15. The first-order chi connectivity index (χ1) is 8.98. The van der Waals surface area contributed by atoms with Crippen LogP contribution in [0.3, 0.4) is 0 Å². The second kappa shape index (κ2) is 4.90. The fraction of sp³-hybridized carbons (Fsp3) is 0.462. The molecular weight excluding hydrogens is 347 g/mol. The van der Waals surface area contributed by atoms with E-state index >= 15 is 0 Å². The summed E-state index contributed by atoms with van der Waals surface area (Å²) in [5.74, 6) is 0.946. The van der Waals surface area contributed by atoms with Crippen LogP contribution in [0.2, 0.25) is 0 Å². The first kappa shape index (κ1) is 13.6. The van der Waals surface area contributed by atoms with Gasteiger partial charge in [0.2, 0.25) is 0 Å². The summed E-state index contributed by atoms with van der Waals surface area (Å²) in [5, 5.41) is 0. The monoisotopic (exact) mass is 360 g/mol. The van der Waals surface area contributed by atoms with Gasteiger partial charge in [-0.2, -0.15) is 11.8 Å².